The van der Waals surface area contributed by atoms with Gasteiger partial charge in [0.25, 0.3) is 0 Å². The van der Waals surface area contributed by atoms with Gasteiger partial charge in [-0.3, -0.25) is 0 Å². The highest BCUT2D eigenvalue weighted by atomic mass is 16.5. The molecule has 1 spiro atoms. The van der Waals surface area contributed by atoms with E-state index in [0.717, 1.165) is 54.8 Å². The van der Waals surface area contributed by atoms with Crippen LogP contribution in [-0.2, 0) is 12.8 Å². The molecule has 5 rings (SSSR count). The molecular formula is C26H33NO3. The van der Waals surface area contributed by atoms with Crippen molar-refractivity contribution in [2.45, 2.75) is 69.7 Å². The smallest absolute Gasteiger partial charge is 0.125 e. The summed E-state index contributed by atoms with van der Waals surface area (Å²) in [6, 6.07) is 12.6. The molecule has 2 atom stereocenters. The molecule has 2 N–H and O–H groups in total. The Morgan fingerprint density at radius 2 is 1.83 bits per heavy atom. The maximum atomic E-state index is 10.9. The normalized spacial score (nSPS) is 24.0. The fraction of sp³-hybridized carbons (Fsp3) is 0.538. The summed E-state index contributed by atoms with van der Waals surface area (Å²) in [6.45, 7) is 4.47. The molecule has 0 amide bonds. The number of hydrogen-bond acceptors (Lipinski definition) is 4. The molecule has 1 saturated heterocycles. The summed E-state index contributed by atoms with van der Waals surface area (Å²) < 4.78 is 6.44. The Kier molecular flexibility index (Phi) is 5.34. The van der Waals surface area contributed by atoms with Gasteiger partial charge in [-0.25, -0.2) is 0 Å². The average Bonchev–Trinajstić information content (AvgIpc) is 2.76. The van der Waals surface area contributed by atoms with Gasteiger partial charge in [-0.2, -0.15) is 0 Å². The van der Waals surface area contributed by atoms with Crippen LogP contribution in [0.2, 0.25) is 0 Å². The molecule has 3 aliphatic rings. The van der Waals surface area contributed by atoms with E-state index in [0.29, 0.717) is 13.0 Å². The topological polar surface area (TPSA) is 52.9 Å². The van der Waals surface area contributed by atoms with Gasteiger partial charge in [0.1, 0.15) is 11.4 Å². The van der Waals surface area contributed by atoms with Crippen molar-refractivity contribution in [1.82, 2.24) is 4.90 Å². The fourth-order valence-corrected chi connectivity index (χ4v) is 5.52. The van der Waals surface area contributed by atoms with Gasteiger partial charge < -0.3 is 19.8 Å². The molecule has 2 aromatic rings. The summed E-state index contributed by atoms with van der Waals surface area (Å²) in [5.74, 6) is 0.835. The van der Waals surface area contributed by atoms with Gasteiger partial charge in [-0.05, 0) is 74.3 Å². The lowest BCUT2D eigenvalue weighted by Gasteiger charge is -2.46. The molecule has 30 heavy (non-hydrogen) atoms. The number of ether oxygens (including phenoxy) is 1. The zero-order chi connectivity index (χ0) is 20.7. The van der Waals surface area contributed by atoms with Crippen LogP contribution in [0.4, 0.5) is 0 Å². The van der Waals surface area contributed by atoms with Crippen LogP contribution >= 0.6 is 0 Å². The Bertz CT molecular complexity index is 916. The Morgan fingerprint density at radius 1 is 1.07 bits per heavy atom. The summed E-state index contributed by atoms with van der Waals surface area (Å²) in [7, 11) is 0. The minimum absolute atomic E-state index is 0.283. The van der Waals surface area contributed by atoms with Gasteiger partial charge in [0.15, 0.2) is 0 Å². The minimum Gasteiger partial charge on any atom is -0.487 e. The first-order valence-electron chi connectivity index (χ1n) is 11.5. The summed E-state index contributed by atoms with van der Waals surface area (Å²) in [6.07, 6.45) is 6.37. The van der Waals surface area contributed by atoms with Crippen LogP contribution in [0.5, 0.6) is 5.75 Å². The summed E-state index contributed by atoms with van der Waals surface area (Å²) in [5.41, 5.74) is 5.72. The molecule has 4 nitrogen and oxygen atoms in total. The quantitative estimate of drug-likeness (QED) is 0.798. The van der Waals surface area contributed by atoms with Crippen LogP contribution in [-0.4, -0.2) is 40.3 Å². The molecule has 2 heterocycles. The van der Waals surface area contributed by atoms with Crippen molar-refractivity contribution in [3.63, 3.8) is 0 Å². The van der Waals surface area contributed by atoms with E-state index < -0.39 is 12.2 Å². The van der Waals surface area contributed by atoms with Gasteiger partial charge >= 0.3 is 0 Å². The summed E-state index contributed by atoms with van der Waals surface area (Å²) >= 11 is 0. The van der Waals surface area contributed by atoms with E-state index in [9.17, 15) is 10.2 Å². The third-order valence-corrected chi connectivity index (χ3v) is 7.37. The van der Waals surface area contributed by atoms with Gasteiger partial charge in [0.05, 0.1) is 12.2 Å². The number of aliphatic hydroxyl groups excluding tert-OH is 2. The fourth-order valence-electron chi connectivity index (χ4n) is 5.52. The first kappa shape index (κ1) is 20.0. The number of aliphatic hydroxyl groups is 2. The van der Waals surface area contributed by atoms with E-state index in [2.05, 4.69) is 29.2 Å². The van der Waals surface area contributed by atoms with Crippen molar-refractivity contribution in [2.24, 2.45) is 0 Å². The highest BCUT2D eigenvalue weighted by Crippen LogP contribution is 2.44. The molecule has 0 bridgehead atoms. The van der Waals surface area contributed by atoms with Crippen molar-refractivity contribution in [1.29, 1.82) is 0 Å². The standard InChI is InChI=1S/C26H33NO3/c1-18-6-9-25-22(14-18)23(28)16-26(30-25)10-12-27(13-11-26)17-24(29)21-8-7-19-4-2-3-5-20(19)15-21/h6-9,14-15,23-24,28-29H,2-5,10-13,16-17H2,1H3/t23-,24-/m0/s1. The molecule has 0 saturated carbocycles. The summed E-state index contributed by atoms with van der Waals surface area (Å²) in [4.78, 5) is 2.34. The first-order valence-corrected chi connectivity index (χ1v) is 11.5. The maximum Gasteiger partial charge on any atom is 0.125 e. The van der Waals surface area contributed by atoms with Crippen molar-refractivity contribution in [3.05, 3.63) is 64.2 Å². The van der Waals surface area contributed by atoms with Gasteiger partial charge in [0.2, 0.25) is 0 Å². The highest BCUT2D eigenvalue weighted by molar-refractivity contribution is 5.41. The second-order valence-electron chi connectivity index (χ2n) is 9.60. The van der Waals surface area contributed by atoms with Crippen molar-refractivity contribution in [2.75, 3.05) is 19.6 Å². The average molecular weight is 408 g/mol. The van der Waals surface area contributed by atoms with Crippen LogP contribution in [0, 0.1) is 6.92 Å². The van der Waals surface area contributed by atoms with Crippen LogP contribution in [0.15, 0.2) is 36.4 Å². The number of aryl methyl sites for hydroxylation is 3. The predicted molar refractivity (Wildman–Crippen MR) is 118 cm³/mol. The molecule has 1 fully saturated rings. The SMILES string of the molecule is Cc1ccc2c(c1)[C@@H](O)CC1(CCN(C[C@H](O)c3ccc4c(c3)CCCC4)CC1)O2. The molecule has 0 radical (unpaired) electrons. The second kappa shape index (κ2) is 7.99. The molecule has 0 unspecified atom stereocenters. The lowest BCUT2D eigenvalue weighted by molar-refractivity contribution is -0.0588. The monoisotopic (exact) mass is 407 g/mol. The van der Waals surface area contributed by atoms with Gasteiger partial charge in [-0.1, -0.05) is 29.8 Å². The number of rotatable bonds is 3. The van der Waals surface area contributed by atoms with E-state index >= 15 is 0 Å². The number of fused-ring (bicyclic) bond motifs is 2. The zero-order valence-corrected chi connectivity index (χ0v) is 17.9. The lowest BCUT2D eigenvalue weighted by atomic mass is 9.81. The maximum absolute atomic E-state index is 10.9. The predicted octanol–water partition coefficient (Wildman–Crippen LogP) is 4.26. The highest BCUT2D eigenvalue weighted by Gasteiger charge is 2.43. The first-order chi connectivity index (χ1) is 14.5. The number of nitrogens with zero attached hydrogens (tertiary/aromatic N) is 1. The second-order valence-corrected chi connectivity index (χ2v) is 9.60. The molecule has 2 aliphatic heterocycles. The summed E-state index contributed by atoms with van der Waals surface area (Å²) in [5, 5.41) is 21.6. The molecule has 4 heteroatoms. The third kappa shape index (κ3) is 3.89. The van der Waals surface area contributed by atoms with Crippen molar-refractivity contribution < 1.29 is 14.9 Å². The number of piperidine rings is 1. The van der Waals surface area contributed by atoms with E-state index in [1.165, 1.54) is 30.4 Å². The zero-order valence-electron chi connectivity index (χ0n) is 17.9. The molecule has 1 aliphatic carbocycles. The van der Waals surface area contributed by atoms with Crippen LogP contribution in [0.1, 0.15) is 72.1 Å². The molecular weight excluding hydrogens is 374 g/mol. The lowest BCUT2D eigenvalue weighted by Crippen LogP contribution is -2.51. The molecule has 2 aromatic carbocycles. The molecule has 0 aromatic heterocycles. The number of likely N-dealkylation sites (tertiary alicyclic amines) is 1. The largest absolute Gasteiger partial charge is 0.487 e. The number of benzene rings is 2. The van der Waals surface area contributed by atoms with Crippen molar-refractivity contribution >= 4 is 0 Å². The Hall–Kier alpha value is -1.88. The minimum atomic E-state index is -0.457. The third-order valence-electron chi connectivity index (χ3n) is 7.37. The van der Waals surface area contributed by atoms with E-state index in [-0.39, 0.29) is 5.60 Å². The number of β-amino-alcohol motifs (C(OH)–C–C–N with tert-alkyl or cyclic N) is 1. The number of hydrogen-bond donors (Lipinski definition) is 2. The van der Waals surface area contributed by atoms with Crippen LogP contribution < -0.4 is 4.74 Å². The van der Waals surface area contributed by atoms with Gasteiger partial charge in [0, 0.05) is 31.6 Å². The van der Waals surface area contributed by atoms with Crippen LogP contribution in [0.25, 0.3) is 0 Å². The Balaban J connectivity index is 1.22. The Labute approximate surface area is 179 Å². The van der Waals surface area contributed by atoms with Crippen molar-refractivity contribution in [3.8, 4) is 5.75 Å². The van der Waals surface area contributed by atoms with E-state index in [1.807, 2.05) is 19.1 Å². The van der Waals surface area contributed by atoms with E-state index in [4.69, 9.17) is 4.74 Å². The Morgan fingerprint density at radius 3 is 2.63 bits per heavy atom. The van der Waals surface area contributed by atoms with Gasteiger partial charge in [-0.15, -0.1) is 0 Å². The van der Waals surface area contributed by atoms with E-state index in [1.54, 1.807) is 0 Å². The van der Waals surface area contributed by atoms with Crippen LogP contribution in [0.3, 0.4) is 0 Å². The molecule has 160 valence electrons.